The molecule has 0 atom stereocenters. The number of nitrogens with one attached hydrogen (secondary N) is 1. The van der Waals surface area contributed by atoms with Crippen LogP contribution in [0, 0.1) is 0 Å². The van der Waals surface area contributed by atoms with Crippen LogP contribution in [-0.2, 0) is 29.9 Å². The molecule has 0 amide bonds. The third-order valence-electron chi connectivity index (χ3n) is 3.72. The van der Waals surface area contributed by atoms with Gasteiger partial charge in [0.05, 0.1) is 10.6 Å². The number of rotatable bonds is 3. The molecule has 0 aliphatic heterocycles. The summed E-state index contributed by atoms with van der Waals surface area (Å²) in [4.78, 5) is 11.6. The molecule has 3 rings (SSSR count). The van der Waals surface area contributed by atoms with Gasteiger partial charge in [-0.15, -0.1) is 0 Å². The van der Waals surface area contributed by atoms with Crippen LogP contribution in [0.4, 0.5) is 5.69 Å². The average Bonchev–Trinajstić information content (AvgIpc) is 2.90. The molecule has 1 aromatic heterocycles. The molecule has 0 unspecified atom stereocenters. The van der Waals surface area contributed by atoms with Crippen molar-refractivity contribution in [2.45, 2.75) is 24.2 Å². The van der Waals surface area contributed by atoms with Crippen molar-refractivity contribution in [1.29, 1.82) is 0 Å². The Kier molecular flexibility index (Phi) is 3.33. The number of anilines is 1. The summed E-state index contributed by atoms with van der Waals surface area (Å²) in [5, 5.41) is 0. The second-order valence-corrected chi connectivity index (χ2v) is 6.94. The predicted molar refractivity (Wildman–Crippen MR) is 81.0 cm³/mol. The molecule has 0 spiro atoms. The molecule has 0 bridgehead atoms. The van der Waals surface area contributed by atoms with E-state index in [-0.39, 0.29) is 10.5 Å². The van der Waals surface area contributed by atoms with Crippen molar-refractivity contribution < 1.29 is 8.42 Å². The highest BCUT2D eigenvalue weighted by Crippen LogP contribution is 2.25. The van der Waals surface area contributed by atoms with E-state index in [0.29, 0.717) is 5.69 Å². The first kappa shape index (κ1) is 13.9. The lowest BCUT2D eigenvalue weighted by Gasteiger charge is -2.10. The quantitative estimate of drug-likeness (QED) is 0.938. The van der Waals surface area contributed by atoms with Crippen LogP contribution in [0.15, 0.2) is 46.2 Å². The van der Waals surface area contributed by atoms with Gasteiger partial charge in [-0.1, -0.05) is 6.07 Å². The Morgan fingerprint density at radius 2 is 1.86 bits per heavy atom. The molecule has 21 heavy (non-hydrogen) atoms. The Bertz CT molecular complexity index is 853. The molecular formula is C15H16N2O3S. The summed E-state index contributed by atoms with van der Waals surface area (Å²) < 4.78 is 28.6. The van der Waals surface area contributed by atoms with Crippen molar-refractivity contribution >= 4 is 15.7 Å². The lowest BCUT2D eigenvalue weighted by molar-refractivity contribution is 0.601. The SMILES string of the molecule is Cn1cc(NS(=O)(=O)c2ccc3c(c2)CCC3)ccc1=O. The van der Waals surface area contributed by atoms with Crippen molar-refractivity contribution in [2.75, 3.05) is 4.72 Å². The highest BCUT2D eigenvalue weighted by molar-refractivity contribution is 7.92. The Morgan fingerprint density at radius 1 is 1.10 bits per heavy atom. The van der Waals surface area contributed by atoms with Gasteiger partial charge in [-0.3, -0.25) is 9.52 Å². The number of aryl methyl sites for hydroxylation is 3. The molecule has 0 radical (unpaired) electrons. The van der Waals surface area contributed by atoms with Crippen molar-refractivity contribution in [3.63, 3.8) is 0 Å². The van der Waals surface area contributed by atoms with E-state index in [0.717, 1.165) is 24.8 Å². The van der Waals surface area contributed by atoms with Crippen molar-refractivity contribution in [2.24, 2.45) is 7.05 Å². The Hall–Kier alpha value is -2.08. The summed E-state index contributed by atoms with van der Waals surface area (Å²) in [6.07, 6.45) is 4.49. The van der Waals surface area contributed by atoms with E-state index in [1.807, 2.05) is 6.07 Å². The summed E-state index contributed by atoms with van der Waals surface area (Å²) in [6.45, 7) is 0. The van der Waals surface area contributed by atoms with Crippen molar-refractivity contribution in [3.8, 4) is 0 Å². The van der Waals surface area contributed by atoms with Gasteiger partial charge >= 0.3 is 0 Å². The maximum absolute atomic E-state index is 12.4. The topological polar surface area (TPSA) is 68.2 Å². The first-order valence-electron chi connectivity index (χ1n) is 6.77. The van der Waals surface area contributed by atoms with Gasteiger partial charge in [-0.25, -0.2) is 8.42 Å². The zero-order valence-corrected chi connectivity index (χ0v) is 12.5. The molecule has 0 fully saturated rings. The Labute approximate surface area is 123 Å². The average molecular weight is 304 g/mol. The molecule has 6 heteroatoms. The molecule has 1 aliphatic carbocycles. The Balaban J connectivity index is 1.93. The maximum Gasteiger partial charge on any atom is 0.261 e. The first-order chi connectivity index (χ1) is 9.95. The number of aromatic nitrogens is 1. The van der Waals surface area contributed by atoms with Gasteiger partial charge in [0.15, 0.2) is 0 Å². The smallest absolute Gasteiger partial charge is 0.261 e. The van der Waals surface area contributed by atoms with Gasteiger partial charge < -0.3 is 4.57 Å². The standard InChI is InChI=1S/C15H16N2O3S/c1-17-10-13(6-8-15(17)18)16-21(19,20)14-7-5-11-3-2-4-12(11)9-14/h5-10,16H,2-4H2,1H3. The predicted octanol–water partition coefficient (Wildman–Crippen LogP) is 1.67. The molecule has 1 aromatic carbocycles. The molecule has 2 aromatic rings. The zero-order chi connectivity index (χ0) is 15.0. The zero-order valence-electron chi connectivity index (χ0n) is 11.7. The molecule has 0 saturated carbocycles. The molecule has 0 saturated heterocycles. The van der Waals surface area contributed by atoms with Gasteiger partial charge in [-0.2, -0.15) is 0 Å². The molecule has 110 valence electrons. The van der Waals surface area contributed by atoms with Crippen LogP contribution < -0.4 is 10.3 Å². The fraction of sp³-hybridized carbons (Fsp3) is 0.267. The molecule has 1 heterocycles. The fourth-order valence-electron chi connectivity index (χ4n) is 2.58. The lowest BCUT2D eigenvalue weighted by atomic mass is 10.1. The number of nitrogens with zero attached hydrogens (tertiary/aromatic N) is 1. The number of benzene rings is 1. The minimum atomic E-state index is -3.63. The maximum atomic E-state index is 12.4. The van der Waals surface area contributed by atoms with Crippen LogP contribution in [0.25, 0.3) is 0 Å². The highest BCUT2D eigenvalue weighted by atomic mass is 32.2. The molecule has 1 N–H and O–H groups in total. The van der Waals surface area contributed by atoms with Crippen LogP contribution in [0.5, 0.6) is 0 Å². The minimum absolute atomic E-state index is 0.185. The van der Waals surface area contributed by atoms with E-state index in [2.05, 4.69) is 4.72 Å². The van der Waals surface area contributed by atoms with Crippen LogP contribution in [-0.4, -0.2) is 13.0 Å². The molecule has 1 aliphatic rings. The summed E-state index contributed by atoms with van der Waals surface area (Å²) in [5.41, 5.74) is 2.53. The van der Waals surface area contributed by atoms with Gasteiger partial charge in [0.2, 0.25) is 5.56 Å². The van der Waals surface area contributed by atoms with Crippen LogP contribution in [0.3, 0.4) is 0 Å². The van der Waals surface area contributed by atoms with E-state index in [9.17, 15) is 13.2 Å². The highest BCUT2D eigenvalue weighted by Gasteiger charge is 2.18. The third-order valence-corrected chi connectivity index (χ3v) is 5.10. The number of hydrogen-bond acceptors (Lipinski definition) is 3. The minimum Gasteiger partial charge on any atom is -0.316 e. The molecular weight excluding hydrogens is 288 g/mol. The second-order valence-electron chi connectivity index (χ2n) is 5.26. The molecule has 5 nitrogen and oxygen atoms in total. The van der Waals surface area contributed by atoms with Gasteiger partial charge in [-0.05, 0) is 48.6 Å². The van der Waals surface area contributed by atoms with Crippen LogP contribution in [0.2, 0.25) is 0 Å². The van der Waals surface area contributed by atoms with Crippen molar-refractivity contribution in [3.05, 3.63) is 58.0 Å². The van der Waals surface area contributed by atoms with E-state index in [1.165, 1.54) is 28.5 Å². The van der Waals surface area contributed by atoms with Crippen LogP contribution in [0.1, 0.15) is 17.5 Å². The Morgan fingerprint density at radius 3 is 2.62 bits per heavy atom. The van der Waals surface area contributed by atoms with Gasteiger partial charge in [0, 0.05) is 19.3 Å². The van der Waals surface area contributed by atoms with Gasteiger partial charge in [0.25, 0.3) is 10.0 Å². The summed E-state index contributed by atoms with van der Waals surface area (Å²) in [6, 6.07) is 8.06. The van der Waals surface area contributed by atoms with Gasteiger partial charge in [0.1, 0.15) is 0 Å². The van der Waals surface area contributed by atoms with Crippen molar-refractivity contribution in [1.82, 2.24) is 4.57 Å². The number of hydrogen-bond donors (Lipinski definition) is 1. The van der Waals surface area contributed by atoms with E-state index in [1.54, 1.807) is 19.2 Å². The first-order valence-corrected chi connectivity index (χ1v) is 8.25. The van der Waals surface area contributed by atoms with E-state index >= 15 is 0 Å². The normalized spacial score (nSPS) is 14.0. The summed E-state index contributed by atoms with van der Waals surface area (Å²) in [7, 11) is -2.05. The summed E-state index contributed by atoms with van der Waals surface area (Å²) >= 11 is 0. The van der Waals surface area contributed by atoms with E-state index in [4.69, 9.17) is 0 Å². The fourth-order valence-corrected chi connectivity index (χ4v) is 3.68. The largest absolute Gasteiger partial charge is 0.316 e. The second kappa shape index (κ2) is 5.04. The lowest BCUT2D eigenvalue weighted by Crippen LogP contribution is -2.18. The van der Waals surface area contributed by atoms with Crippen LogP contribution >= 0.6 is 0 Å². The third kappa shape index (κ3) is 2.71. The number of sulfonamides is 1. The van der Waals surface area contributed by atoms with E-state index < -0.39 is 10.0 Å². The summed E-state index contributed by atoms with van der Waals surface area (Å²) in [5.74, 6) is 0. The monoisotopic (exact) mass is 304 g/mol. The number of fused-ring (bicyclic) bond motifs is 1. The number of pyridine rings is 1.